The van der Waals surface area contributed by atoms with Crippen LogP contribution in [-0.2, 0) is 9.53 Å². The number of hydrogen-bond acceptors (Lipinski definition) is 6. The highest BCUT2D eigenvalue weighted by Gasteiger charge is 2.19. The van der Waals surface area contributed by atoms with Crippen molar-refractivity contribution in [3.63, 3.8) is 0 Å². The van der Waals surface area contributed by atoms with Crippen LogP contribution in [0.5, 0.6) is 11.5 Å². The highest BCUT2D eigenvalue weighted by atomic mass is 79.9. The molecule has 2 aromatic carbocycles. The van der Waals surface area contributed by atoms with E-state index < -0.39 is 12.1 Å². The van der Waals surface area contributed by atoms with Crippen LogP contribution in [0.3, 0.4) is 0 Å². The molecule has 0 heterocycles. The maximum Gasteiger partial charge on any atom is 0.407 e. The van der Waals surface area contributed by atoms with Crippen LogP contribution in [0, 0.1) is 0 Å². The van der Waals surface area contributed by atoms with Gasteiger partial charge in [-0.05, 0) is 34.5 Å². The number of hydrogen-bond donors (Lipinski definition) is 2. The van der Waals surface area contributed by atoms with E-state index in [1.54, 1.807) is 26.2 Å². The molecule has 0 aliphatic carbocycles. The molecule has 0 unspecified atom stereocenters. The van der Waals surface area contributed by atoms with Crippen molar-refractivity contribution in [2.75, 3.05) is 20.8 Å². The average Bonchev–Trinajstić information content (AvgIpc) is 2.74. The Morgan fingerprint density at radius 3 is 2.47 bits per heavy atom. The van der Waals surface area contributed by atoms with Crippen LogP contribution in [0.4, 0.5) is 4.79 Å². The number of benzene rings is 2. The van der Waals surface area contributed by atoms with Crippen LogP contribution in [0.2, 0.25) is 0 Å². The van der Waals surface area contributed by atoms with Crippen LogP contribution < -0.4 is 20.2 Å². The molecular formula is C21H24BrN3O5. The molecule has 0 radical (unpaired) electrons. The smallest absolute Gasteiger partial charge is 0.407 e. The minimum atomic E-state index is -0.588. The highest BCUT2D eigenvalue weighted by Crippen LogP contribution is 2.31. The van der Waals surface area contributed by atoms with Gasteiger partial charge in [0.25, 0.3) is 0 Å². The Balaban J connectivity index is 2.06. The van der Waals surface area contributed by atoms with Gasteiger partial charge in [0, 0.05) is 11.6 Å². The largest absolute Gasteiger partial charge is 0.496 e. The predicted molar refractivity (Wildman–Crippen MR) is 117 cm³/mol. The number of rotatable bonds is 9. The third-order valence-electron chi connectivity index (χ3n) is 4.06. The van der Waals surface area contributed by atoms with Gasteiger partial charge < -0.3 is 19.5 Å². The molecule has 0 saturated heterocycles. The Morgan fingerprint density at radius 2 is 1.83 bits per heavy atom. The van der Waals surface area contributed by atoms with E-state index in [9.17, 15) is 9.59 Å². The number of ether oxygens (including phenoxy) is 3. The molecule has 0 bridgehead atoms. The summed E-state index contributed by atoms with van der Waals surface area (Å²) in [7, 11) is 3.09. The average molecular weight is 478 g/mol. The SMILES string of the molecule is CCOC(=O)N[C@H](CC(=O)N/N=C\c1cc(Br)c(OC)cc1OC)c1ccccc1. The highest BCUT2D eigenvalue weighted by molar-refractivity contribution is 9.10. The van der Waals surface area contributed by atoms with Crippen LogP contribution in [0.25, 0.3) is 0 Å². The molecule has 2 N–H and O–H groups in total. The van der Waals surface area contributed by atoms with Crippen molar-refractivity contribution in [1.29, 1.82) is 0 Å². The van der Waals surface area contributed by atoms with Crippen molar-refractivity contribution in [3.8, 4) is 11.5 Å². The van der Waals surface area contributed by atoms with E-state index in [0.717, 1.165) is 10.0 Å². The number of nitrogens with zero attached hydrogens (tertiary/aromatic N) is 1. The molecule has 0 saturated carbocycles. The zero-order valence-electron chi connectivity index (χ0n) is 17.0. The number of halogens is 1. The second-order valence-electron chi connectivity index (χ2n) is 6.05. The van der Waals surface area contributed by atoms with Gasteiger partial charge in [-0.3, -0.25) is 4.79 Å². The lowest BCUT2D eigenvalue weighted by atomic mass is 10.0. The quantitative estimate of drug-likeness (QED) is 0.422. The molecule has 30 heavy (non-hydrogen) atoms. The predicted octanol–water partition coefficient (Wildman–Crippen LogP) is 3.79. The van der Waals surface area contributed by atoms with Gasteiger partial charge in [-0.2, -0.15) is 5.10 Å². The Bertz CT molecular complexity index is 890. The topological polar surface area (TPSA) is 98.2 Å². The van der Waals surface area contributed by atoms with Gasteiger partial charge in [0.2, 0.25) is 5.91 Å². The van der Waals surface area contributed by atoms with Crippen LogP contribution in [0.1, 0.15) is 30.5 Å². The molecule has 8 nitrogen and oxygen atoms in total. The summed E-state index contributed by atoms with van der Waals surface area (Å²) in [6.07, 6.45) is 0.872. The number of methoxy groups -OCH3 is 2. The summed E-state index contributed by atoms with van der Waals surface area (Å²) in [4.78, 5) is 24.2. The summed E-state index contributed by atoms with van der Waals surface area (Å²) < 4.78 is 16.2. The minimum absolute atomic E-state index is 0.0103. The Labute approximate surface area is 183 Å². The molecule has 0 aliphatic rings. The lowest BCUT2D eigenvalue weighted by molar-refractivity contribution is -0.121. The monoisotopic (exact) mass is 477 g/mol. The first kappa shape index (κ1) is 23.2. The number of amides is 2. The molecule has 0 spiro atoms. The van der Waals surface area contributed by atoms with E-state index in [2.05, 4.69) is 31.8 Å². The van der Waals surface area contributed by atoms with Crippen molar-refractivity contribution in [2.45, 2.75) is 19.4 Å². The lowest BCUT2D eigenvalue weighted by Crippen LogP contribution is -2.33. The van der Waals surface area contributed by atoms with Crippen LogP contribution in [0.15, 0.2) is 52.0 Å². The van der Waals surface area contributed by atoms with Gasteiger partial charge in [0.05, 0.1) is 44.0 Å². The first-order chi connectivity index (χ1) is 14.5. The molecule has 0 aromatic heterocycles. The third-order valence-corrected chi connectivity index (χ3v) is 4.68. The van der Waals surface area contributed by atoms with Crippen LogP contribution >= 0.6 is 15.9 Å². The first-order valence-electron chi connectivity index (χ1n) is 9.20. The molecule has 0 fully saturated rings. The maximum absolute atomic E-state index is 12.4. The minimum Gasteiger partial charge on any atom is -0.496 e. The summed E-state index contributed by atoms with van der Waals surface area (Å²) in [5, 5.41) is 6.70. The Morgan fingerprint density at radius 1 is 1.13 bits per heavy atom. The number of nitrogens with one attached hydrogen (secondary N) is 2. The zero-order chi connectivity index (χ0) is 21.9. The molecular weight excluding hydrogens is 454 g/mol. The van der Waals surface area contributed by atoms with Gasteiger partial charge in [-0.25, -0.2) is 10.2 Å². The van der Waals surface area contributed by atoms with E-state index in [1.165, 1.54) is 13.3 Å². The van der Waals surface area contributed by atoms with Crippen LogP contribution in [-0.4, -0.2) is 39.0 Å². The summed E-state index contributed by atoms with van der Waals surface area (Å²) in [5.41, 5.74) is 3.90. The van der Waals surface area contributed by atoms with Crippen molar-refractivity contribution < 1.29 is 23.8 Å². The van der Waals surface area contributed by atoms with Gasteiger partial charge >= 0.3 is 6.09 Å². The zero-order valence-corrected chi connectivity index (χ0v) is 18.6. The molecule has 0 aliphatic heterocycles. The molecule has 160 valence electrons. The van der Waals surface area contributed by atoms with Crippen molar-refractivity contribution >= 4 is 34.1 Å². The van der Waals surface area contributed by atoms with Gasteiger partial charge in [-0.1, -0.05) is 30.3 Å². The van der Waals surface area contributed by atoms with Gasteiger partial charge in [-0.15, -0.1) is 0 Å². The van der Waals surface area contributed by atoms with Crippen molar-refractivity contribution in [1.82, 2.24) is 10.7 Å². The lowest BCUT2D eigenvalue weighted by Gasteiger charge is -2.18. The van der Waals surface area contributed by atoms with Crippen molar-refractivity contribution in [2.24, 2.45) is 5.10 Å². The van der Waals surface area contributed by atoms with E-state index in [-0.39, 0.29) is 18.9 Å². The van der Waals surface area contributed by atoms with E-state index in [1.807, 2.05) is 30.3 Å². The molecule has 9 heteroatoms. The number of carbonyl (C=O) groups excluding carboxylic acids is 2. The fourth-order valence-electron chi connectivity index (χ4n) is 2.64. The Hall–Kier alpha value is -3.07. The van der Waals surface area contributed by atoms with E-state index in [0.29, 0.717) is 17.1 Å². The number of alkyl carbamates (subject to hydrolysis) is 1. The fraction of sp³-hybridized carbons (Fsp3) is 0.286. The van der Waals surface area contributed by atoms with Crippen molar-refractivity contribution in [3.05, 3.63) is 58.1 Å². The van der Waals surface area contributed by atoms with Gasteiger partial charge in [0.15, 0.2) is 0 Å². The molecule has 2 amide bonds. The summed E-state index contributed by atoms with van der Waals surface area (Å²) in [6.45, 7) is 1.95. The fourth-order valence-corrected chi connectivity index (χ4v) is 3.16. The third kappa shape index (κ3) is 6.77. The maximum atomic E-state index is 12.4. The summed E-state index contributed by atoms with van der Waals surface area (Å²) >= 11 is 3.40. The van der Waals surface area contributed by atoms with E-state index >= 15 is 0 Å². The standard InChI is InChI=1S/C21H24BrN3O5/c1-4-30-21(27)24-17(14-8-6-5-7-9-14)11-20(26)25-23-13-15-10-16(22)19(29-3)12-18(15)28-2/h5-10,12-13,17H,4,11H2,1-3H3,(H,24,27)(H,25,26)/b23-13-/t17-/m1/s1. The molecule has 2 rings (SSSR count). The van der Waals surface area contributed by atoms with Gasteiger partial charge in [0.1, 0.15) is 11.5 Å². The summed E-state index contributed by atoms with van der Waals surface area (Å²) in [6, 6.07) is 12.1. The summed E-state index contributed by atoms with van der Waals surface area (Å²) in [5.74, 6) is 0.784. The molecule has 2 aromatic rings. The molecule has 1 atom stereocenters. The van der Waals surface area contributed by atoms with E-state index in [4.69, 9.17) is 14.2 Å². The first-order valence-corrected chi connectivity index (χ1v) is 9.99. The second kappa shape index (κ2) is 11.8. The number of carbonyl (C=O) groups is 2. The second-order valence-corrected chi connectivity index (χ2v) is 6.91. The Kier molecular flexibility index (Phi) is 9.14. The number of hydrazone groups is 1. The normalized spacial score (nSPS) is 11.6.